The molecule has 0 aliphatic carbocycles. The Morgan fingerprint density at radius 2 is 1.96 bits per heavy atom. The van der Waals surface area contributed by atoms with Gasteiger partial charge in [-0.25, -0.2) is 4.68 Å². The fourth-order valence-corrected chi connectivity index (χ4v) is 5.37. The van der Waals surface area contributed by atoms with Gasteiger partial charge in [0, 0.05) is 26.2 Å². The van der Waals surface area contributed by atoms with Crippen LogP contribution >= 0.6 is 35.3 Å². The Morgan fingerprint density at radius 1 is 1.28 bits per heavy atom. The third-order valence-corrected chi connectivity index (χ3v) is 6.69. The van der Waals surface area contributed by atoms with E-state index >= 15 is 0 Å². The van der Waals surface area contributed by atoms with Crippen molar-refractivity contribution in [2.45, 2.75) is 23.4 Å². The van der Waals surface area contributed by atoms with E-state index in [2.05, 4.69) is 16.9 Å². The number of thioether (sulfide) groups is 1. The molecule has 2 heterocycles. The van der Waals surface area contributed by atoms with Gasteiger partial charge < -0.3 is 9.80 Å². The lowest BCUT2D eigenvalue weighted by atomic mass is 10.3. The number of likely N-dealkylation sites (N-methyl/N-ethyl adjacent to an activating group) is 1. The highest BCUT2D eigenvalue weighted by Gasteiger charge is 2.26. The van der Waals surface area contributed by atoms with Gasteiger partial charge in [0.15, 0.2) is 8.29 Å². The van der Waals surface area contributed by atoms with Gasteiger partial charge in [0.2, 0.25) is 5.91 Å². The van der Waals surface area contributed by atoms with E-state index < -0.39 is 0 Å². The summed E-state index contributed by atoms with van der Waals surface area (Å²) in [6.07, 6.45) is 0. The molecule has 2 aromatic rings. The molecule has 0 saturated carbocycles. The molecular formula is C17H22N4OS3. The first kappa shape index (κ1) is 18.6. The van der Waals surface area contributed by atoms with Crippen LogP contribution in [0.1, 0.15) is 13.8 Å². The number of benzene rings is 1. The minimum atomic E-state index is -0.155. The summed E-state index contributed by atoms with van der Waals surface area (Å²) in [4.78, 5) is 17.0. The molecule has 0 bridgehead atoms. The minimum Gasteiger partial charge on any atom is -0.339 e. The number of piperazine rings is 1. The summed E-state index contributed by atoms with van der Waals surface area (Å²) in [5.74, 6) is 0.188. The number of nitrogens with zero attached hydrogens (tertiary/aromatic N) is 4. The molecule has 25 heavy (non-hydrogen) atoms. The van der Waals surface area contributed by atoms with Gasteiger partial charge in [0.1, 0.15) is 0 Å². The molecule has 1 fully saturated rings. The quantitative estimate of drug-likeness (QED) is 0.575. The number of hydrogen-bond acceptors (Lipinski definition) is 6. The molecule has 1 aliphatic rings. The highest BCUT2D eigenvalue weighted by Crippen LogP contribution is 2.28. The average Bonchev–Trinajstić information content (AvgIpc) is 3.02. The van der Waals surface area contributed by atoms with Crippen molar-refractivity contribution in [1.29, 1.82) is 0 Å². The Hall–Kier alpha value is -1.22. The predicted octanol–water partition coefficient (Wildman–Crippen LogP) is 3.31. The molecule has 8 heteroatoms. The monoisotopic (exact) mass is 394 g/mol. The Labute approximate surface area is 161 Å². The maximum atomic E-state index is 12.7. The van der Waals surface area contributed by atoms with Crippen molar-refractivity contribution >= 4 is 41.2 Å². The summed E-state index contributed by atoms with van der Waals surface area (Å²) >= 11 is 8.38. The van der Waals surface area contributed by atoms with E-state index in [1.807, 2.05) is 42.2 Å². The van der Waals surface area contributed by atoms with Crippen LogP contribution in [0.15, 0.2) is 34.7 Å². The normalized spacial score (nSPS) is 16.8. The first-order chi connectivity index (χ1) is 12.1. The Balaban J connectivity index is 1.64. The Bertz CT molecular complexity index is 766. The number of para-hydroxylation sites is 1. The fourth-order valence-electron chi connectivity index (χ4n) is 2.78. The van der Waals surface area contributed by atoms with E-state index in [1.165, 1.54) is 23.1 Å². The lowest BCUT2D eigenvalue weighted by Crippen LogP contribution is -2.50. The van der Waals surface area contributed by atoms with Gasteiger partial charge >= 0.3 is 0 Å². The van der Waals surface area contributed by atoms with Crippen LogP contribution in [0.2, 0.25) is 0 Å². The number of carbonyl (C=O) groups is 1. The van der Waals surface area contributed by atoms with Crippen LogP contribution in [0, 0.1) is 3.95 Å². The Kier molecular flexibility index (Phi) is 6.27. The maximum Gasteiger partial charge on any atom is 0.235 e. The second-order valence-electron chi connectivity index (χ2n) is 5.90. The van der Waals surface area contributed by atoms with E-state index in [1.54, 1.807) is 4.68 Å². The number of aromatic nitrogens is 2. The second kappa shape index (κ2) is 8.44. The van der Waals surface area contributed by atoms with Crippen molar-refractivity contribution in [3.05, 3.63) is 34.3 Å². The molecule has 0 N–H and O–H groups in total. The van der Waals surface area contributed by atoms with Crippen molar-refractivity contribution in [3.63, 3.8) is 0 Å². The molecular weight excluding hydrogens is 372 g/mol. The van der Waals surface area contributed by atoms with E-state index in [-0.39, 0.29) is 11.2 Å². The molecule has 0 radical (unpaired) electrons. The molecule has 1 aromatic heterocycles. The van der Waals surface area contributed by atoms with Crippen molar-refractivity contribution in [2.24, 2.45) is 0 Å². The Morgan fingerprint density at radius 3 is 2.60 bits per heavy atom. The lowest BCUT2D eigenvalue weighted by Gasteiger charge is -2.35. The average molecular weight is 395 g/mol. The minimum absolute atomic E-state index is 0.155. The van der Waals surface area contributed by atoms with Crippen LogP contribution in [0.25, 0.3) is 5.69 Å². The SMILES string of the molecule is CCN1CCN(C(=O)[C@@H](C)Sc2nn(-c3ccccc3)c(=S)s2)CC1. The molecule has 1 atom stereocenters. The van der Waals surface area contributed by atoms with Gasteiger partial charge in [-0.3, -0.25) is 4.79 Å². The molecule has 3 rings (SSSR count). The standard InChI is InChI=1S/C17H22N4OS3/c1-3-19-9-11-20(12-10-19)15(22)13(2)24-16-18-21(17(23)25-16)14-7-5-4-6-8-14/h4-8,13H,3,9-12H2,1-2H3/t13-/m1/s1. The fraction of sp³-hybridized carbons (Fsp3) is 0.471. The molecule has 5 nitrogen and oxygen atoms in total. The molecule has 134 valence electrons. The summed E-state index contributed by atoms with van der Waals surface area (Å²) in [5, 5.41) is 4.43. The van der Waals surface area contributed by atoms with Crippen LogP contribution in [0.5, 0.6) is 0 Å². The van der Waals surface area contributed by atoms with Crippen molar-refractivity contribution < 1.29 is 4.79 Å². The summed E-state index contributed by atoms with van der Waals surface area (Å²) in [6, 6.07) is 9.85. The first-order valence-corrected chi connectivity index (χ1v) is 10.5. The second-order valence-corrected chi connectivity index (χ2v) is 9.11. The van der Waals surface area contributed by atoms with Gasteiger partial charge in [0.25, 0.3) is 0 Å². The molecule has 0 spiro atoms. The smallest absolute Gasteiger partial charge is 0.235 e. The van der Waals surface area contributed by atoms with Gasteiger partial charge in [-0.2, -0.15) is 0 Å². The van der Waals surface area contributed by atoms with Gasteiger partial charge in [0.05, 0.1) is 10.9 Å². The maximum absolute atomic E-state index is 12.7. The highest BCUT2D eigenvalue weighted by atomic mass is 32.2. The number of hydrogen-bond donors (Lipinski definition) is 0. The van der Waals surface area contributed by atoms with E-state index in [9.17, 15) is 4.79 Å². The van der Waals surface area contributed by atoms with Crippen LogP contribution in [0.4, 0.5) is 0 Å². The van der Waals surface area contributed by atoms with Crippen LogP contribution in [-0.4, -0.2) is 63.5 Å². The van der Waals surface area contributed by atoms with Crippen LogP contribution in [-0.2, 0) is 4.79 Å². The van der Waals surface area contributed by atoms with E-state index in [0.717, 1.165) is 42.8 Å². The summed E-state index contributed by atoms with van der Waals surface area (Å²) in [5.41, 5.74) is 0.949. The first-order valence-electron chi connectivity index (χ1n) is 8.42. The summed E-state index contributed by atoms with van der Waals surface area (Å²) in [7, 11) is 0. The molecule has 1 amide bonds. The summed E-state index contributed by atoms with van der Waals surface area (Å²) in [6.45, 7) is 8.70. The van der Waals surface area contributed by atoms with Gasteiger partial charge in [-0.15, -0.1) is 5.10 Å². The summed E-state index contributed by atoms with van der Waals surface area (Å²) < 4.78 is 3.30. The number of amides is 1. The van der Waals surface area contributed by atoms with Gasteiger partial charge in [-0.1, -0.05) is 48.2 Å². The molecule has 1 aliphatic heterocycles. The molecule has 0 unspecified atom stereocenters. The number of carbonyl (C=O) groups excluding carboxylic acids is 1. The number of rotatable bonds is 5. The predicted molar refractivity (Wildman–Crippen MR) is 106 cm³/mol. The lowest BCUT2D eigenvalue weighted by molar-refractivity contribution is -0.132. The van der Waals surface area contributed by atoms with E-state index in [0.29, 0.717) is 3.95 Å². The van der Waals surface area contributed by atoms with Crippen LogP contribution < -0.4 is 0 Å². The van der Waals surface area contributed by atoms with Crippen molar-refractivity contribution in [2.75, 3.05) is 32.7 Å². The van der Waals surface area contributed by atoms with Crippen molar-refractivity contribution in [3.8, 4) is 5.69 Å². The zero-order chi connectivity index (χ0) is 17.8. The molecule has 1 aromatic carbocycles. The van der Waals surface area contributed by atoms with Crippen molar-refractivity contribution in [1.82, 2.24) is 19.6 Å². The topological polar surface area (TPSA) is 41.4 Å². The van der Waals surface area contributed by atoms with Crippen LogP contribution in [0.3, 0.4) is 0 Å². The third-order valence-electron chi connectivity index (χ3n) is 4.29. The third kappa shape index (κ3) is 4.49. The zero-order valence-corrected chi connectivity index (χ0v) is 16.9. The van der Waals surface area contributed by atoms with E-state index in [4.69, 9.17) is 12.2 Å². The van der Waals surface area contributed by atoms with Gasteiger partial charge in [-0.05, 0) is 37.8 Å². The largest absolute Gasteiger partial charge is 0.339 e. The zero-order valence-electron chi connectivity index (χ0n) is 14.4. The highest BCUT2D eigenvalue weighted by molar-refractivity contribution is 8.02. The molecule has 1 saturated heterocycles.